The van der Waals surface area contributed by atoms with Gasteiger partial charge in [0.25, 0.3) is 10.0 Å². The molecule has 0 radical (unpaired) electrons. The van der Waals surface area contributed by atoms with Crippen LogP contribution in [0.15, 0.2) is 11.2 Å². The third-order valence-corrected chi connectivity index (χ3v) is 6.78. The van der Waals surface area contributed by atoms with E-state index in [2.05, 4.69) is 10.2 Å². The van der Waals surface area contributed by atoms with E-state index in [4.69, 9.17) is 5.73 Å². The first kappa shape index (κ1) is 14.0. The van der Waals surface area contributed by atoms with E-state index < -0.39 is 10.0 Å². The molecule has 0 aliphatic heterocycles. The molecule has 20 heavy (non-hydrogen) atoms. The Morgan fingerprint density at radius 3 is 2.85 bits per heavy atom. The summed E-state index contributed by atoms with van der Waals surface area (Å²) in [5.41, 5.74) is 6.11. The molecule has 6 nitrogen and oxygen atoms in total. The van der Waals surface area contributed by atoms with Crippen LogP contribution in [0, 0.1) is 17.8 Å². The Labute approximate surface area is 119 Å². The number of rotatable bonds is 5. The second-order valence-corrected chi connectivity index (χ2v) is 8.13. The van der Waals surface area contributed by atoms with E-state index in [9.17, 15) is 8.42 Å². The maximum absolute atomic E-state index is 12.6. The normalized spacial score (nSPS) is 29.4. The summed E-state index contributed by atoms with van der Waals surface area (Å²) in [5.74, 6) is 2.05. The number of nitrogens with zero attached hydrogens (tertiary/aromatic N) is 2. The summed E-state index contributed by atoms with van der Waals surface area (Å²) in [6.45, 7) is 0.777. The fourth-order valence-electron chi connectivity index (χ4n) is 3.85. The number of aromatic nitrogens is 2. The Bertz CT molecular complexity index is 583. The van der Waals surface area contributed by atoms with Gasteiger partial charge >= 0.3 is 0 Å². The Kier molecular flexibility index (Phi) is 3.60. The topological polar surface area (TPSA) is 92.1 Å². The predicted octanol–water partition coefficient (Wildman–Crippen LogP) is 0.925. The average Bonchev–Trinajstić information content (AvgIpc) is 3.14. The van der Waals surface area contributed by atoms with Crippen molar-refractivity contribution in [3.05, 3.63) is 11.8 Å². The molecule has 3 rings (SSSR count). The van der Waals surface area contributed by atoms with Gasteiger partial charge in [0.15, 0.2) is 5.03 Å². The van der Waals surface area contributed by atoms with Crippen molar-refractivity contribution in [2.24, 2.45) is 23.5 Å². The minimum Gasteiger partial charge on any atom is -0.326 e. The molecule has 1 heterocycles. The van der Waals surface area contributed by atoms with E-state index in [-0.39, 0.29) is 11.6 Å². The third-order valence-electron chi connectivity index (χ3n) is 4.94. The fourth-order valence-corrected chi connectivity index (χ4v) is 5.19. The highest BCUT2D eigenvalue weighted by atomic mass is 32.2. The molecule has 3 unspecified atom stereocenters. The van der Waals surface area contributed by atoms with Crippen LogP contribution in [0.5, 0.6) is 0 Å². The maximum atomic E-state index is 12.6. The second-order valence-electron chi connectivity index (χ2n) is 6.15. The first-order valence-corrected chi connectivity index (χ1v) is 8.65. The molecular weight excluding hydrogens is 276 g/mol. The summed E-state index contributed by atoms with van der Waals surface area (Å²) in [6, 6.07) is 0. The van der Waals surface area contributed by atoms with Gasteiger partial charge in [-0.25, -0.2) is 8.42 Å². The molecule has 2 saturated carbocycles. The second kappa shape index (κ2) is 5.13. The summed E-state index contributed by atoms with van der Waals surface area (Å²) in [6.07, 6.45) is 6.54. The summed E-state index contributed by atoms with van der Waals surface area (Å²) in [5, 5.41) is 6.52. The summed E-state index contributed by atoms with van der Waals surface area (Å²) >= 11 is 0. The standard InChI is InChI=1S/C13H22N4O2S/c1-17(8-11-5-9-2-3-10(11)4-9)20(18,19)13-12(6-14)7-15-16-13/h7,9-11H,2-6,8,14H2,1H3,(H,15,16). The molecule has 0 amide bonds. The molecule has 0 aromatic carbocycles. The number of hydrogen-bond donors (Lipinski definition) is 2. The van der Waals surface area contributed by atoms with Crippen LogP contribution in [0.2, 0.25) is 0 Å². The SMILES string of the molecule is CN(CC1CC2CCC1C2)S(=O)(=O)c1[nH]ncc1CN. The molecule has 2 bridgehead atoms. The Hall–Kier alpha value is -0.920. The van der Waals surface area contributed by atoms with Crippen molar-refractivity contribution >= 4 is 10.0 Å². The highest BCUT2D eigenvalue weighted by Crippen LogP contribution is 2.48. The maximum Gasteiger partial charge on any atom is 0.260 e. The molecule has 2 aliphatic carbocycles. The van der Waals surface area contributed by atoms with Crippen molar-refractivity contribution in [2.45, 2.75) is 37.3 Å². The number of hydrogen-bond acceptors (Lipinski definition) is 4. The first-order valence-electron chi connectivity index (χ1n) is 7.21. The van der Waals surface area contributed by atoms with Gasteiger partial charge in [0.2, 0.25) is 0 Å². The Morgan fingerprint density at radius 1 is 1.45 bits per heavy atom. The van der Waals surface area contributed by atoms with Crippen LogP contribution in [0.3, 0.4) is 0 Å². The minimum atomic E-state index is -3.51. The molecule has 3 N–H and O–H groups in total. The zero-order valence-corrected chi connectivity index (χ0v) is 12.6. The molecule has 2 aliphatic rings. The minimum absolute atomic E-state index is 0.144. The highest BCUT2D eigenvalue weighted by molar-refractivity contribution is 7.89. The number of aromatic amines is 1. The lowest BCUT2D eigenvalue weighted by molar-refractivity contribution is 0.280. The van der Waals surface area contributed by atoms with Gasteiger partial charge in [0.1, 0.15) is 0 Å². The van der Waals surface area contributed by atoms with Gasteiger partial charge in [-0.05, 0) is 37.0 Å². The monoisotopic (exact) mass is 298 g/mol. The van der Waals surface area contributed by atoms with Crippen LogP contribution in [0.1, 0.15) is 31.2 Å². The van der Waals surface area contributed by atoms with Crippen LogP contribution < -0.4 is 5.73 Å². The average molecular weight is 298 g/mol. The molecule has 1 aromatic rings. The number of H-pyrrole nitrogens is 1. The van der Waals surface area contributed by atoms with Gasteiger partial charge in [0.05, 0.1) is 6.20 Å². The van der Waals surface area contributed by atoms with E-state index in [1.54, 1.807) is 7.05 Å². The lowest BCUT2D eigenvalue weighted by Gasteiger charge is -2.26. The molecular formula is C13H22N4O2S. The van der Waals surface area contributed by atoms with Crippen LogP contribution in [-0.2, 0) is 16.6 Å². The van der Waals surface area contributed by atoms with E-state index in [1.165, 1.54) is 36.2 Å². The zero-order valence-electron chi connectivity index (χ0n) is 11.7. The number of nitrogens with two attached hydrogens (primary N) is 1. The number of sulfonamides is 1. The summed E-state index contributed by atoms with van der Waals surface area (Å²) in [7, 11) is -1.85. The molecule has 0 saturated heterocycles. The van der Waals surface area contributed by atoms with E-state index in [0.717, 1.165) is 5.92 Å². The summed E-state index contributed by atoms with van der Waals surface area (Å²) < 4.78 is 26.6. The molecule has 1 aromatic heterocycles. The van der Waals surface area contributed by atoms with Crippen LogP contribution in [0.25, 0.3) is 0 Å². The van der Waals surface area contributed by atoms with Gasteiger partial charge in [-0.3, -0.25) is 5.10 Å². The zero-order chi connectivity index (χ0) is 14.3. The van der Waals surface area contributed by atoms with Crippen molar-refractivity contribution in [1.29, 1.82) is 0 Å². The van der Waals surface area contributed by atoms with Crippen molar-refractivity contribution in [3.8, 4) is 0 Å². The first-order chi connectivity index (χ1) is 9.52. The molecule has 3 atom stereocenters. The lowest BCUT2D eigenvalue weighted by Crippen LogP contribution is -2.34. The van der Waals surface area contributed by atoms with Crippen molar-refractivity contribution in [1.82, 2.24) is 14.5 Å². The summed E-state index contributed by atoms with van der Waals surface area (Å²) in [4.78, 5) is 0. The van der Waals surface area contributed by atoms with E-state index >= 15 is 0 Å². The third kappa shape index (κ3) is 2.27. The fraction of sp³-hybridized carbons (Fsp3) is 0.769. The predicted molar refractivity (Wildman–Crippen MR) is 75.2 cm³/mol. The van der Waals surface area contributed by atoms with E-state index in [1.807, 2.05) is 0 Å². The van der Waals surface area contributed by atoms with Crippen molar-refractivity contribution in [2.75, 3.05) is 13.6 Å². The quantitative estimate of drug-likeness (QED) is 0.845. The smallest absolute Gasteiger partial charge is 0.260 e. The largest absolute Gasteiger partial charge is 0.326 e. The molecule has 7 heteroatoms. The molecule has 2 fully saturated rings. The van der Waals surface area contributed by atoms with Crippen LogP contribution in [0.4, 0.5) is 0 Å². The highest BCUT2D eigenvalue weighted by Gasteiger charge is 2.41. The van der Waals surface area contributed by atoms with Gasteiger partial charge in [0, 0.05) is 25.7 Å². The van der Waals surface area contributed by atoms with E-state index in [0.29, 0.717) is 23.9 Å². The number of fused-ring (bicyclic) bond motifs is 2. The van der Waals surface area contributed by atoms with Gasteiger partial charge in [-0.2, -0.15) is 9.40 Å². The van der Waals surface area contributed by atoms with Crippen LogP contribution in [-0.4, -0.2) is 36.5 Å². The Morgan fingerprint density at radius 2 is 2.25 bits per heavy atom. The van der Waals surface area contributed by atoms with Crippen LogP contribution >= 0.6 is 0 Å². The van der Waals surface area contributed by atoms with Crippen molar-refractivity contribution < 1.29 is 8.42 Å². The molecule has 112 valence electrons. The lowest BCUT2D eigenvalue weighted by atomic mass is 9.89. The molecule has 0 spiro atoms. The Balaban J connectivity index is 1.74. The van der Waals surface area contributed by atoms with Gasteiger partial charge in [-0.1, -0.05) is 6.42 Å². The number of nitrogens with one attached hydrogen (secondary N) is 1. The van der Waals surface area contributed by atoms with Crippen molar-refractivity contribution in [3.63, 3.8) is 0 Å². The van der Waals surface area contributed by atoms with Gasteiger partial charge in [-0.15, -0.1) is 0 Å². The van der Waals surface area contributed by atoms with Gasteiger partial charge < -0.3 is 5.73 Å².